The van der Waals surface area contributed by atoms with Crippen molar-refractivity contribution in [1.29, 1.82) is 5.41 Å². The summed E-state index contributed by atoms with van der Waals surface area (Å²) in [6.07, 6.45) is 0. The van der Waals surface area contributed by atoms with Gasteiger partial charge in [-0.15, -0.1) is 0 Å². The highest BCUT2D eigenvalue weighted by atomic mass is 19.1. The van der Waals surface area contributed by atoms with E-state index >= 15 is 0 Å². The molecule has 3 N–H and O–H groups in total. The Morgan fingerprint density at radius 1 is 0.927 bits per heavy atom. The van der Waals surface area contributed by atoms with Crippen LogP contribution in [-0.2, 0) is 16.9 Å². The molecule has 4 amide bonds. The number of benzene rings is 3. The van der Waals surface area contributed by atoms with Crippen molar-refractivity contribution < 1.29 is 18.8 Å². The summed E-state index contributed by atoms with van der Waals surface area (Å²) in [5.74, 6) is -1.44. The molecule has 0 saturated carbocycles. The molecule has 212 valence electrons. The molecule has 3 aromatic carbocycles. The van der Waals surface area contributed by atoms with Crippen molar-refractivity contribution in [2.24, 2.45) is 0 Å². The number of nitrogens with zero attached hydrogens (tertiary/aromatic N) is 3. The fraction of sp³-hybridized carbons (Fsp3) is 0.290. The monoisotopic (exact) mass is 556 g/mol. The highest BCUT2D eigenvalue weighted by molar-refractivity contribution is 6.10. The average Bonchev–Trinajstić information content (AvgIpc) is 3.23. The van der Waals surface area contributed by atoms with Gasteiger partial charge in [0.15, 0.2) is 11.5 Å². The molecule has 2 fully saturated rings. The Hall–Kier alpha value is -4.73. The fourth-order valence-corrected chi connectivity index (χ4v) is 5.37. The van der Waals surface area contributed by atoms with Crippen LogP contribution in [0.1, 0.15) is 40.9 Å². The smallest absolute Gasteiger partial charge is 0.317 e. The van der Waals surface area contributed by atoms with Gasteiger partial charge in [0.05, 0.1) is 6.54 Å². The minimum atomic E-state index is -1.31. The van der Waals surface area contributed by atoms with Gasteiger partial charge >= 0.3 is 6.03 Å². The molecule has 0 aromatic heterocycles. The largest absolute Gasteiger partial charge is 0.336 e. The van der Waals surface area contributed by atoms with Gasteiger partial charge in [0.25, 0.3) is 11.8 Å². The second-order valence-electron chi connectivity index (χ2n) is 10.6. The Kier molecular flexibility index (Phi) is 7.74. The maximum atomic E-state index is 14.8. The van der Waals surface area contributed by atoms with E-state index in [0.717, 1.165) is 0 Å². The Morgan fingerprint density at radius 2 is 1.49 bits per heavy atom. The molecule has 0 radical (unpaired) electrons. The van der Waals surface area contributed by atoms with E-state index in [2.05, 4.69) is 10.6 Å². The van der Waals surface area contributed by atoms with Gasteiger partial charge in [0, 0.05) is 37.8 Å². The van der Waals surface area contributed by atoms with Crippen molar-refractivity contribution in [3.63, 3.8) is 0 Å². The number of halogens is 1. The third kappa shape index (κ3) is 5.50. The van der Waals surface area contributed by atoms with Crippen molar-refractivity contribution in [1.82, 2.24) is 25.3 Å². The predicted octanol–water partition coefficient (Wildman–Crippen LogP) is 3.51. The quantitative estimate of drug-likeness (QED) is 0.432. The Balaban J connectivity index is 1.36. The minimum absolute atomic E-state index is 0.0117. The number of piperazine rings is 1. The van der Waals surface area contributed by atoms with Gasteiger partial charge < -0.3 is 20.4 Å². The first-order chi connectivity index (χ1) is 19.7. The summed E-state index contributed by atoms with van der Waals surface area (Å²) in [5, 5.41) is 14.6. The van der Waals surface area contributed by atoms with E-state index in [-0.39, 0.29) is 42.0 Å². The first-order valence-electron chi connectivity index (χ1n) is 13.6. The number of guanidine groups is 1. The summed E-state index contributed by atoms with van der Waals surface area (Å²) in [5.41, 5.74) is 0.593. The lowest BCUT2D eigenvalue weighted by Crippen LogP contribution is -2.54. The van der Waals surface area contributed by atoms with Crippen molar-refractivity contribution >= 4 is 23.8 Å². The fourth-order valence-electron chi connectivity index (χ4n) is 5.37. The van der Waals surface area contributed by atoms with Crippen LogP contribution in [0, 0.1) is 11.2 Å². The Bertz CT molecular complexity index is 1420. The number of hydrogen-bond acceptors (Lipinski definition) is 4. The Morgan fingerprint density at radius 3 is 2.05 bits per heavy atom. The van der Waals surface area contributed by atoms with Crippen LogP contribution in [-0.4, -0.2) is 70.7 Å². The van der Waals surface area contributed by atoms with E-state index in [9.17, 15) is 18.8 Å². The molecule has 41 heavy (non-hydrogen) atoms. The zero-order valence-electron chi connectivity index (χ0n) is 23.1. The van der Waals surface area contributed by atoms with Crippen LogP contribution in [0.3, 0.4) is 0 Å². The van der Waals surface area contributed by atoms with E-state index in [1.54, 1.807) is 15.9 Å². The summed E-state index contributed by atoms with van der Waals surface area (Å²) in [7, 11) is 0. The number of rotatable bonds is 6. The van der Waals surface area contributed by atoms with Gasteiger partial charge in [-0.2, -0.15) is 0 Å². The highest BCUT2D eigenvalue weighted by Crippen LogP contribution is 2.36. The number of carbonyl (C=O) groups is 3. The van der Waals surface area contributed by atoms with Crippen LogP contribution in [0.25, 0.3) is 0 Å². The van der Waals surface area contributed by atoms with Gasteiger partial charge in [0.1, 0.15) is 5.82 Å². The standard InChI is InChI=1S/C31H33FN6O3/c1-21(2)34-30(41)37-15-13-36(14-16-37)27(39)23-17-22(18-26(32)19-23)20-38-28(40)31(35-29(38)33,24-9-5-3-6-10-24)25-11-7-4-8-12-25/h3-12,17-19,21H,13-16,20H2,1-2H3,(H2,33,35)(H,34,41). The molecule has 0 atom stereocenters. The summed E-state index contributed by atoms with van der Waals surface area (Å²) in [4.78, 5) is 44.2. The van der Waals surface area contributed by atoms with Crippen molar-refractivity contribution in [2.75, 3.05) is 26.2 Å². The molecule has 2 heterocycles. The van der Waals surface area contributed by atoms with Crippen LogP contribution >= 0.6 is 0 Å². The lowest BCUT2D eigenvalue weighted by Gasteiger charge is -2.35. The molecule has 0 spiro atoms. The first-order valence-corrected chi connectivity index (χ1v) is 13.6. The molecule has 2 aliphatic heterocycles. The lowest BCUT2D eigenvalue weighted by molar-refractivity contribution is -0.130. The zero-order valence-corrected chi connectivity index (χ0v) is 23.1. The molecule has 3 aromatic rings. The number of urea groups is 1. The minimum Gasteiger partial charge on any atom is -0.336 e. The van der Waals surface area contributed by atoms with Gasteiger partial charge in [0.2, 0.25) is 0 Å². The second kappa shape index (κ2) is 11.4. The van der Waals surface area contributed by atoms with Crippen LogP contribution in [0.2, 0.25) is 0 Å². The molecule has 0 aliphatic carbocycles. The molecule has 2 aliphatic rings. The average molecular weight is 557 g/mol. The van der Waals surface area contributed by atoms with Crippen LogP contribution in [0.4, 0.5) is 9.18 Å². The molecule has 0 unspecified atom stereocenters. The lowest BCUT2D eigenvalue weighted by atomic mass is 9.82. The number of carbonyl (C=O) groups excluding carboxylic acids is 3. The molecule has 9 nitrogen and oxygen atoms in total. The van der Waals surface area contributed by atoms with Gasteiger partial charge in [-0.05, 0) is 48.7 Å². The van der Waals surface area contributed by atoms with Gasteiger partial charge in [-0.3, -0.25) is 19.9 Å². The number of nitrogens with one attached hydrogen (secondary N) is 3. The zero-order chi connectivity index (χ0) is 29.1. The van der Waals surface area contributed by atoms with E-state index in [1.165, 1.54) is 17.0 Å². The van der Waals surface area contributed by atoms with Gasteiger partial charge in [-0.25, -0.2) is 9.18 Å². The second-order valence-corrected chi connectivity index (χ2v) is 10.6. The van der Waals surface area contributed by atoms with Crippen molar-refractivity contribution in [2.45, 2.75) is 32.0 Å². The maximum Gasteiger partial charge on any atom is 0.317 e. The molecule has 0 bridgehead atoms. The summed E-state index contributed by atoms with van der Waals surface area (Å²) < 4.78 is 14.8. The topological polar surface area (TPSA) is 109 Å². The first kappa shape index (κ1) is 27.8. The summed E-state index contributed by atoms with van der Waals surface area (Å²) in [6, 6.07) is 22.2. The van der Waals surface area contributed by atoms with E-state index in [1.807, 2.05) is 74.5 Å². The maximum absolute atomic E-state index is 14.8. The van der Waals surface area contributed by atoms with Crippen LogP contribution in [0.5, 0.6) is 0 Å². The number of hydrogen-bond donors (Lipinski definition) is 3. The molecular formula is C31H33FN6O3. The molecule has 5 rings (SSSR count). The normalized spacial score (nSPS) is 16.6. The Labute approximate surface area is 238 Å². The summed E-state index contributed by atoms with van der Waals surface area (Å²) in [6.45, 7) is 5.08. The molecular weight excluding hydrogens is 523 g/mol. The molecule has 2 saturated heterocycles. The molecule has 10 heteroatoms. The van der Waals surface area contributed by atoms with Crippen LogP contribution < -0.4 is 10.6 Å². The predicted molar refractivity (Wildman–Crippen MR) is 153 cm³/mol. The van der Waals surface area contributed by atoms with Crippen LogP contribution in [0.15, 0.2) is 78.9 Å². The van der Waals surface area contributed by atoms with E-state index < -0.39 is 11.4 Å². The number of amides is 4. The van der Waals surface area contributed by atoms with Crippen molar-refractivity contribution in [3.05, 3.63) is 107 Å². The third-order valence-electron chi connectivity index (χ3n) is 7.37. The SMILES string of the molecule is CC(C)NC(=O)N1CCN(C(=O)c2cc(F)cc(CN3C(=N)NC(c4ccccc4)(c4ccccc4)C3=O)c2)CC1. The van der Waals surface area contributed by atoms with E-state index in [4.69, 9.17) is 5.41 Å². The van der Waals surface area contributed by atoms with Gasteiger partial charge in [-0.1, -0.05) is 60.7 Å². The summed E-state index contributed by atoms with van der Waals surface area (Å²) >= 11 is 0. The third-order valence-corrected chi connectivity index (χ3v) is 7.37. The van der Waals surface area contributed by atoms with Crippen molar-refractivity contribution in [3.8, 4) is 0 Å². The van der Waals surface area contributed by atoms with E-state index in [0.29, 0.717) is 42.9 Å². The highest BCUT2D eigenvalue weighted by Gasteiger charge is 2.52.